The first-order valence-corrected chi connectivity index (χ1v) is 30.8. The van der Waals surface area contributed by atoms with Gasteiger partial charge >= 0.3 is 74.1 Å². The van der Waals surface area contributed by atoms with E-state index in [9.17, 15) is 158 Å². The summed E-state index contributed by atoms with van der Waals surface area (Å²) in [6.45, 7) is -7.23. The highest BCUT2D eigenvalue weighted by molar-refractivity contribution is 6.97. The van der Waals surface area contributed by atoms with E-state index in [1.165, 1.54) is 58.3 Å². The lowest BCUT2D eigenvalue weighted by atomic mass is 9.33. The number of rotatable bonds is 12. The number of hydrogen-bond acceptors (Lipinski definition) is 2. The predicted octanol–water partition coefficient (Wildman–Crippen LogP) is 23.6. The van der Waals surface area contributed by atoms with Gasteiger partial charge in [0, 0.05) is 34.1 Å². The molecule has 0 aliphatic carbocycles. The summed E-state index contributed by atoms with van der Waals surface area (Å²) >= 11 is 0. The number of anilines is 6. The lowest BCUT2D eigenvalue weighted by molar-refractivity contribution is -0.150. The molecule has 0 radical (unpaired) electrons. The van der Waals surface area contributed by atoms with Gasteiger partial charge in [-0.25, -0.2) is 0 Å². The summed E-state index contributed by atoms with van der Waals surface area (Å²) in [5, 5.41) is 0. The summed E-state index contributed by atoms with van der Waals surface area (Å²) < 4.78 is 517. The third-order valence-corrected chi connectivity index (χ3v) is 16.7. The van der Waals surface area contributed by atoms with Crippen molar-refractivity contribution in [1.82, 2.24) is 0 Å². The molecule has 10 aromatic rings. The van der Waals surface area contributed by atoms with E-state index in [0.717, 1.165) is 24.3 Å². The molecule has 0 heterocycles. The summed E-state index contributed by atoms with van der Waals surface area (Å²) in [7, 11) is 0. The summed E-state index contributed by atoms with van der Waals surface area (Å²) in [5.74, 6) is 0. The van der Waals surface area contributed by atoms with Crippen molar-refractivity contribution in [3.05, 3.63) is 285 Å². The largest absolute Gasteiger partial charge is 0.416 e. The van der Waals surface area contributed by atoms with Gasteiger partial charge in [-0.05, 0) is 143 Å². The Bertz CT molecular complexity index is 4230. The maximum atomic E-state index is 14.7. The van der Waals surface area contributed by atoms with Crippen molar-refractivity contribution in [3.8, 4) is 0 Å². The second kappa shape index (κ2) is 30.2. The smallest absolute Gasteiger partial charge is 0.311 e. The predicted molar refractivity (Wildman–Crippen MR) is 337 cm³/mol. The third-order valence-electron chi connectivity index (χ3n) is 16.7. The molecule has 0 atom stereocenters. The average Bonchev–Trinajstić information content (AvgIpc) is 0.724. The van der Waals surface area contributed by atoms with Crippen LogP contribution in [0.1, 0.15) is 66.8 Å². The quantitative estimate of drug-likeness (QED) is 0.0888. The Morgan fingerprint density at radius 3 is 0.420 bits per heavy atom. The van der Waals surface area contributed by atoms with Gasteiger partial charge in [-0.3, -0.25) is 0 Å². The molecule has 592 valence electrons. The summed E-state index contributed by atoms with van der Waals surface area (Å²) in [6, 6.07) is 29.0. The topological polar surface area (TPSA) is 6.48 Å². The Kier molecular flexibility index (Phi) is 23.0. The molecule has 112 heavy (non-hydrogen) atoms. The van der Waals surface area contributed by atoms with E-state index in [1.54, 1.807) is 72.8 Å². The zero-order valence-corrected chi connectivity index (χ0v) is 54.4. The highest BCUT2D eigenvalue weighted by atomic mass is 19.5. The summed E-state index contributed by atoms with van der Waals surface area (Å²) in [4.78, 5) is 2.80. The summed E-state index contributed by atoms with van der Waals surface area (Å²) in [5.41, 5.74) is -45.6. The van der Waals surface area contributed by atoms with Crippen LogP contribution in [0, 0.1) is 0 Å². The Hall–Kier alpha value is -10.6. The van der Waals surface area contributed by atoms with E-state index in [0.29, 0.717) is 47.0 Å². The van der Waals surface area contributed by atoms with Crippen LogP contribution in [-0.4, -0.2) is 13.4 Å². The van der Waals surface area contributed by atoms with Gasteiger partial charge in [-0.15, -0.1) is 0 Å². The lowest BCUT2D eigenvalue weighted by Gasteiger charge is -2.31. The molecule has 0 aliphatic rings. The normalized spacial score (nSPS) is 13.2. The molecule has 0 fully saturated rings. The number of benzene rings is 10. The van der Waals surface area contributed by atoms with Crippen LogP contribution >= 0.6 is 0 Å². The van der Waals surface area contributed by atoms with Crippen molar-refractivity contribution in [2.45, 2.75) is 74.1 Å². The molecular weight excluding hydrogens is 1600 g/mol. The molecule has 0 spiro atoms. The second-order valence-electron chi connectivity index (χ2n) is 24.0. The van der Waals surface area contributed by atoms with Crippen molar-refractivity contribution in [2.24, 2.45) is 0 Å². The molecule has 0 N–H and O–H groups in total. The summed E-state index contributed by atoms with van der Waals surface area (Å²) in [6.07, 6.45) is -74.6. The van der Waals surface area contributed by atoms with Crippen LogP contribution < -0.4 is 42.6 Å². The van der Waals surface area contributed by atoms with Crippen LogP contribution in [0.3, 0.4) is 0 Å². The molecule has 0 amide bonds. The van der Waals surface area contributed by atoms with E-state index in [-0.39, 0.29) is 11.4 Å². The van der Waals surface area contributed by atoms with Crippen molar-refractivity contribution in [2.75, 3.05) is 9.80 Å². The first kappa shape index (κ1) is 85.4. The van der Waals surface area contributed by atoms with Crippen LogP contribution in [-0.2, 0) is 74.1 Å². The van der Waals surface area contributed by atoms with Crippen molar-refractivity contribution >= 4 is 80.3 Å². The number of nitrogens with zero attached hydrogens (tertiary/aromatic N) is 2. The van der Waals surface area contributed by atoms with Crippen LogP contribution in [0.15, 0.2) is 218 Å². The Balaban J connectivity index is 0.000000257. The minimum absolute atomic E-state index is 0.0380. The van der Waals surface area contributed by atoms with Crippen LogP contribution in [0.2, 0.25) is 0 Å². The number of halogens is 36. The van der Waals surface area contributed by atoms with Crippen LogP contribution in [0.4, 0.5) is 192 Å². The molecule has 0 aromatic heterocycles. The van der Waals surface area contributed by atoms with Crippen molar-refractivity contribution in [3.63, 3.8) is 0 Å². The zero-order valence-electron chi connectivity index (χ0n) is 54.4. The molecule has 0 saturated carbocycles. The van der Waals surface area contributed by atoms with Gasteiger partial charge in [0.25, 0.3) is 0 Å². The van der Waals surface area contributed by atoms with Crippen LogP contribution in [0.25, 0.3) is 0 Å². The SMILES string of the molecule is FC(F)(F)c1cc(C(F)(F)F)c(B(c2ccc(N(c3ccccc3)c3ccccc3)cc2)c2c(C(F)(F)F)cc(C(F)(F)F)cc2C(F)(F)F)c(C(F)(F)F)c1.FC(F)(F)c1cc(C(F)(F)F)c(B(c2ccc(N(c3ccccc3)c3ccccc3)cc2)c2c(C(F)(F)F)cc(C(F)(F)F)cc2C(F)(F)F)c(C(F)(F)F)c1. The number of alkyl halides is 36. The van der Waals surface area contributed by atoms with Crippen molar-refractivity contribution in [1.29, 1.82) is 0 Å². The maximum Gasteiger partial charge on any atom is 0.416 e. The van der Waals surface area contributed by atoms with Gasteiger partial charge in [0.2, 0.25) is 13.4 Å². The molecule has 40 heteroatoms. The Morgan fingerprint density at radius 1 is 0.161 bits per heavy atom. The monoisotopic (exact) mass is 1630 g/mol. The van der Waals surface area contributed by atoms with E-state index in [4.69, 9.17) is 0 Å². The third kappa shape index (κ3) is 18.9. The van der Waals surface area contributed by atoms with E-state index >= 15 is 0 Å². The molecule has 10 aromatic carbocycles. The lowest BCUT2D eigenvalue weighted by Crippen LogP contribution is -2.59. The van der Waals surface area contributed by atoms with E-state index in [1.807, 2.05) is 0 Å². The minimum Gasteiger partial charge on any atom is -0.311 e. The highest BCUT2D eigenvalue weighted by Crippen LogP contribution is 2.48. The first-order valence-electron chi connectivity index (χ1n) is 30.8. The van der Waals surface area contributed by atoms with Gasteiger partial charge in [0.05, 0.1) is 66.8 Å². The Labute approximate surface area is 605 Å². The molecule has 10 rings (SSSR count). The van der Waals surface area contributed by atoms with Gasteiger partial charge in [-0.1, -0.05) is 108 Å². The minimum atomic E-state index is -6.34. The second-order valence-corrected chi connectivity index (χ2v) is 24.0. The molecular formula is C72H36B2F36N2. The average molecular weight is 1630 g/mol. The maximum absolute atomic E-state index is 14.7. The molecule has 0 aliphatic heterocycles. The number of para-hydroxylation sites is 4. The molecule has 2 nitrogen and oxygen atoms in total. The fraction of sp³-hybridized carbons (Fsp3) is 0.167. The molecule has 0 unspecified atom stereocenters. The first-order chi connectivity index (χ1) is 51.2. The number of hydrogen-bond donors (Lipinski definition) is 0. The Morgan fingerprint density at radius 2 is 0.295 bits per heavy atom. The highest BCUT2D eigenvalue weighted by Gasteiger charge is 2.56. The van der Waals surface area contributed by atoms with E-state index in [2.05, 4.69) is 0 Å². The van der Waals surface area contributed by atoms with Crippen LogP contribution in [0.5, 0.6) is 0 Å². The van der Waals surface area contributed by atoms with Gasteiger partial charge in [-0.2, -0.15) is 158 Å². The van der Waals surface area contributed by atoms with Crippen molar-refractivity contribution < 1.29 is 158 Å². The molecule has 0 saturated heterocycles. The standard InChI is InChI=1S/2C36H18BF18N/c2*38-31(39,40)19-15-25(33(44,45)46)29(26(16-19)34(47,48)49)37(30-27(35(50,51)52)17-20(32(41,42)43)18-28(30)36(53,54)55)21-11-13-24(14-12-21)56(22-7-3-1-4-8-22)23-9-5-2-6-10-23/h2*1-18H. The fourth-order valence-electron chi connectivity index (χ4n) is 12.2. The van der Waals surface area contributed by atoms with E-state index < -0.39 is 236 Å². The molecule has 0 bridgehead atoms. The zero-order chi connectivity index (χ0) is 83.6. The van der Waals surface area contributed by atoms with Gasteiger partial charge < -0.3 is 9.80 Å². The van der Waals surface area contributed by atoms with Gasteiger partial charge in [0.1, 0.15) is 0 Å². The van der Waals surface area contributed by atoms with Gasteiger partial charge in [0.15, 0.2) is 0 Å². The fourth-order valence-corrected chi connectivity index (χ4v) is 12.2.